The van der Waals surface area contributed by atoms with Gasteiger partial charge in [0.05, 0.1) is 10.5 Å². The molecular formula is C12H14N4O3. The molecule has 0 saturated carbocycles. The number of non-ortho nitro benzene ring substituents is 1. The van der Waals surface area contributed by atoms with Crippen LogP contribution in [0.3, 0.4) is 0 Å². The molecule has 0 radical (unpaired) electrons. The quantitative estimate of drug-likeness (QED) is 0.669. The maximum Gasteiger partial charge on any atom is 0.270 e. The normalized spacial score (nSPS) is 11.5. The number of nitrogens with one attached hydrogen (secondary N) is 1. The van der Waals surface area contributed by atoms with Crippen molar-refractivity contribution in [3.8, 4) is 11.4 Å². The second-order valence-corrected chi connectivity index (χ2v) is 4.61. The van der Waals surface area contributed by atoms with Crippen LogP contribution in [0.1, 0.15) is 19.7 Å². The third kappa shape index (κ3) is 2.60. The van der Waals surface area contributed by atoms with E-state index in [0.717, 1.165) is 0 Å². The van der Waals surface area contributed by atoms with E-state index in [9.17, 15) is 10.1 Å². The van der Waals surface area contributed by atoms with Crippen molar-refractivity contribution >= 4 is 5.69 Å². The molecule has 1 aromatic carbocycles. The number of nitrogens with zero attached hydrogens (tertiary/aromatic N) is 3. The molecule has 0 aliphatic carbocycles. The lowest BCUT2D eigenvalue weighted by molar-refractivity contribution is -0.384. The smallest absolute Gasteiger partial charge is 0.270 e. The molecule has 0 unspecified atom stereocenters. The van der Waals surface area contributed by atoms with Gasteiger partial charge in [0.2, 0.25) is 11.7 Å². The summed E-state index contributed by atoms with van der Waals surface area (Å²) in [7, 11) is 1.79. The lowest BCUT2D eigenvalue weighted by Gasteiger charge is -2.17. The molecule has 1 N–H and O–H groups in total. The topological polar surface area (TPSA) is 94.1 Å². The van der Waals surface area contributed by atoms with E-state index in [1.54, 1.807) is 19.2 Å². The fraction of sp³-hybridized carbons (Fsp3) is 0.333. The molecule has 0 saturated heterocycles. The largest absolute Gasteiger partial charge is 0.337 e. The number of aromatic nitrogens is 2. The van der Waals surface area contributed by atoms with Gasteiger partial charge in [0.25, 0.3) is 5.69 Å². The predicted molar refractivity (Wildman–Crippen MR) is 68.5 cm³/mol. The number of nitro groups is 1. The first-order chi connectivity index (χ1) is 8.94. The highest BCUT2D eigenvalue weighted by Gasteiger charge is 2.25. The van der Waals surface area contributed by atoms with Crippen LogP contribution in [0, 0.1) is 10.1 Å². The molecule has 0 atom stereocenters. The van der Waals surface area contributed by atoms with Gasteiger partial charge in [-0.3, -0.25) is 10.1 Å². The lowest BCUT2D eigenvalue weighted by Crippen LogP contribution is -2.33. The molecule has 7 heteroatoms. The Morgan fingerprint density at radius 3 is 2.79 bits per heavy atom. The van der Waals surface area contributed by atoms with E-state index >= 15 is 0 Å². The molecule has 0 aliphatic heterocycles. The monoisotopic (exact) mass is 262 g/mol. The minimum atomic E-state index is -0.456. The van der Waals surface area contributed by atoms with Crippen LogP contribution in [-0.2, 0) is 5.54 Å². The van der Waals surface area contributed by atoms with Crippen LogP contribution in [-0.4, -0.2) is 22.1 Å². The van der Waals surface area contributed by atoms with Crippen LogP contribution in [0.5, 0.6) is 0 Å². The minimum Gasteiger partial charge on any atom is -0.337 e. The van der Waals surface area contributed by atoms with Gasteiger partial charge >= 0.3 is 0 Å². The fourth-order valence-electron chi connectivity index (χ4n) is 1.46. The van der Waals surface area contributed by atoms with Crippen LogP contribution in [0.15, 0.2) is 28.8 Å². The highest BCUT2D eigenvalue weighted by molar-refractivity contribution is 5.58. The maximum atomic E-state index is 10.7. The average molecular weight is 262 g/mol. The molecule has 1 heterocycles. The zero-order valence-electron chi connectivity index (χ0n) is 10.9. The zero-order chi connectivity index (χ0) is 14.0. The highest BCUT2D eigenvalue weighted by Crippen LogP contribution is 2.24. The molecule has 1 aromatic heterocycles. The fourth-order valence-corrected chi connectivity index (χ4v) is 1.46. The number of rotatable bonds is 4. The summed E-state index contributed by atoms with van der Waals surface area (Å²) in [6.07, 6.45) is 0. The standard InChI is InChI=1S/C12H14N4O3/c1-12(2,13-3)11-14-10(15-19-11)8-5-4-6-9(7-8)16(17)18/h4-7,13H,1-3H3. The molecule has 0 bridgehead atoms. The molecule has 2 rings (SSSR count). The Morgan fingerprint density at radius 2 is 2.16 bits per heavy atom. The van der Waals surface area contributed by atoms with Crippen molar-refractivity contribution in [3.05, 3.63) is 40.3 Å². The van der Waals surface area contributed by atoms with Gasteiger partial charge in [0.15, 0.2) is 0 Å². The highest BCUT2D eigenvalue weighted by atomic mass is 16.6. The van der Waals surface area contributed by atoms with E-state index in [-0.39, 0.29) is 5.69 Å². The molecule has 0 aliphatic rings. The molecule has 2 aromatic rings. The Balaban J connectivity index is 2.38. The van der Waals surface area contributed by atoms with Crippen molar-refractivity contribution < 1.29 is 9.45 Å². The van der Waals surface area contributed by atoms with Gasteiger partial charge in [0.1, 0.15) is 0 Å². The molecule has 0 amide bonds. The predicted octanol–water partition coefficient (Wildman–Crippen LogP) is 2.10. The van der Waals surface area contributed by atoms with E-state index in [1.807, 2.05) is 13.8 Å². The summed E-state index contributed by atoms with van der Waals surface area (Å²) in [5.41, 5.74) is 0.0965. The van der Waals surface area contributed by atoms with Crippen molar-refractivity contribution in [2.75, 3.05) is 7.05 Å². The van der Waals surface area contributed by atoms with Gasteiger partial charge in [-0.05, 0) is 20.9 Å². The summed E-state index contributed by atoms with van der Waals surface area (Å²) in [6, 6.07) is 6.13. The summed E-state index contributed by atoms with van der Waals surface area (Å²) < 4.78 is 5.18. The minimum absolute atomic E-state index is 0.00303. The number of hydrogen-bond donors (Lipinski definition) is 1. The van der Waals surface area contributed by atoms with Gasteiger partial charge in [0, 0.05) is 17.7 Å². The van der Waals surface area contributed by atoms with Crippen LogP contribution in [0.25, 0.3) is 11.4 Å². The maximum absolute atomic E-state index is 10.7. The lowest BCUT2D eigenvalue weighted by atomic mass is 10.1. The van der Waals surface area contributed by atoms with E-state index in [2.05, 4.69) is 15.5 Å². The van der Waals surface area contributed by atoms with Crippen LogP contribution < -0.4 is 5.32 Å². The van der Waals surface area contributed by atoms with Crippen molar-refractivity contribution in [1.82, 2.24) is 15.5 Å². The van der Waals surface area contributed by atoms with Crippen molar-refractivity contribution in [3.63, 3.8) is 0 Å². The van der Waals surface area contributed by atoms with Gasteiger partial charge in [-0.25, -0.2) is 0 Å². The Bertz CT molecular complexity index is 607. The first-order valence-corrected chi connectivity index (χ1v) is 5.72. The summed E-state index contributed by atoms with van der Waals surface area (Å²) in [6.45, 7) is 3.80. The molecule has 7 nitrogen and oxygen atoms in total. The number of nitro benzene ring substituents is 1. The summed E-state index contributed by atoms with van der Waals surface area (Å²) >= 11 is 0. The van der Waals surface area contributed by atoms with Crippen LogP contribution in [0.4, 0.5) is 5.69 Å². The summed E-state index contributed by atoms with van der Waals surface area (Å²) in [5, 5.41) is 17.6. The van der Waals surface area contributed by atoms with E-state index in [4.69, 9.17) is 4.52 Å². The number of benzene rings is 1. The number of hydrogen-bond acceptors (Lipinski definition) is 6. The zero-order valence-corrected chi connectivity index (χ0v) is 10.9. The van der Waals surface area contributed by atoms with E-state index in [0.29, 0.717) is 17.3 Å². The second-order valence-electron chi connectivity index (χ2n) is 4.61. The van der Waals surface area contributed by atoms with E-state index in [1.165, 1.54) is 12.1 Å². The molecule has 100 valence electrons. The molecular weight excluding hydrogens is 248 g/mol. The van der Waals surface area contributed by atoms with Gasteiger partial charge in [-0.1, -0.05) is 17.3 Å². The Morgan fingerprint density at radius 1 is 1.42 bits per heavy atom. The third-order valence-electron chi connectivity index (χ3n) is 2.90. The first kappa shape index (κ1) is 13.2. The van der Waals surface area contributed by atoms with Crippen LogP contribution in [0.2, 0.25) is 0 Å². The summed E-state index contributed by atoms with van der Waals surface area (Å²) in [5.74, 6) is 0.763. The SMILES string of the molecule is CNC(C)(C)c1nc(-c2cccc([N+](=O)[O-])c2)no1. The van der Waals surface area contributed by atoms with Crippen LogP contribution >= 0.6 is 0 Å². The van der Waals surface area contributed by atoms with Gasteiger partial charge in [-0.2, -0.15) is 4.98 Å². The molecule has 19 heavy (non-hydrogen) atoms. The Hall–Kier alpha value is -2.28. The molecule has 0 fully saturated rings. The van der Waals surface area contributed by atoms with Crippen molar-refractivity contribution in [1.29, 1.82) is 0 Å². The average Bonchev–Trinajstić information content (AvgIpc) is 2.89. The second kappa shape index (κ2) is 4.77. The van der Waals surface area contributed by atoms with Gasteiger partial charge in [-0.15, -0.1) is 0 Å². The van der Waals surface area contributed by atoms with Crippen molar-refractivity contribution in [2.45, 2.75) is 19.4 Å². The van der Waals surface area contributed by atoms with Gasteiger partial charge < -0.3 is 9.84 Å². The third-order valence-corrected chi connectivity index (χ3v) is 2.90. The summed E-state index contributed by atoms with van der Waals surface area (Å²) in [4.78, 5) is 14.5. The van der Waals surface area contributed by atoms with Crippen molar-refractivity contribution in [2.24, 2.45) is 0 Å². The Kier molecular flexibility index (Phi) is 3.30. The Labute approximate surface area is 109 Å². The molecule has 0 spiro atoms. The van der Waals surface area contributed by atoms with E-state index < -0.39 is 10.5 Å². The first-order valence-electron chi connectivity index (χ1n) is 5.72.